The second kappa shape index (κ2) is 9.14. The lowest BCUT2D eigenvalue weighted by Gasteiger charge is -2.33. The predicted octanol–water partition coefficient (Wildman–Crippen LogP) is 3.82. The van der Waals surface area contributed by atoms with Gasteiger partial charge in [-0.1, -0.05) is 11.6 Å². The average molecular weight is 490 g/mol. The summed E-state index contributed by atoms with van der Waals surface area (Å²) in [6.45, 7) is 2.32. The molecule has 7 nitrogen and oxygen atoms in total. The van der Waals surface area contributed by atoms with Crippen molar-refractivity contribution in [3.63, 3.8) is 0 Å². The molecule has 3 aliphatic rings. The van der Waals surface area contributed by atoms with Crippen LogP contribution in [0.25, 0.3) is 6.08 Å². The van der Waals surface area contributed by atoms with Crippen molar-refractivity contribution >= 4 is 33.4 Å². The highest BCUT2D eigenvalue weighted by Crippen LogP contribution is 2.32. The van der Waals surface area contributed by atoms with Crippen LogP contribution in [0, 0.1) is 0 Å². The van der Waals surface area contributed by atoms with Gasteiger partial charge in [0.1, 0.15) is 18.2 Å². The molecule has 4 heterocycles. The number of ether oxygens (including phenoxy) is 1. The molecule has 1 aromatic heterocycles. The molecule has 0 bridgehead atoms. The van der Waals surface area contributed by atoms with Gasteiger partial charge >= 0.3 is 0 Å². The maximum atomic E-state index is 12.8. The lowest BCUT2D eigenvalue weighted by atomic mass is 9.93. The minimum atomic E-state index is -3.58. The number of fused-ring (bicyclic) bond motifs is 2. The number of aromatic nitrogens is 2. The molecule has 3 aliphatic heterocycles. The van der Waals surface area contributed by atoms with Gasteiger partial charge in [-0.05, 0) is 50.0 Å². The summed E-state index contributed by atoms with van der Waals surface area (Å²) in [5.74, 6) is 1.86. The van der Waals surface area contributed by atoms with E-state index in [1.807, 2.05) is 11.1 Å². The van der Waals surface area contributed by atoms with Gasteiger partial charge in [0.25, 0.3) is 0 Å². The topological polar surface area (TPSA) is 81.5 Å². The number of halogens is 1. The van der Waals surface area contributed by atoms with E-state index >= 15 is 0 Å². The number of benzene rings is 1. The molecule has 33 heavy (non-hydrogen) atoms. The fraction of sp³-hybridized carbons (Fsp3) is 0.500. The smallest absolute Gasteiger partial charge is 0.223 e. The van der Waals surface area contributed by atoms with Crippen LogP contribution in [-0.4, -0.2) is 54.2 Å². The van der Waals surface area contributed by atoms with Crippen molar-refractivity contribution in [2.75, 3.05) is 25.4 Å². The minimum absolute atomic E-state index is 0.0140. The molecule has 1 fully saturated rings. The molecule has 1 saturated heterocycles. The quantitative estimate of drug-likeness (QED) is 0.637. The third-order valence-corrected chi connectivity index (χ3v) is 8.92. The van der Waals surface area contributed by atoms with Gasteiger partial charge in [0.2, 0.25) is 5.91 Å². The van der Waals surface area contributed by atoms with Gasteiger partial charge in [0, 0.05) is 60.9 Å². The van der Waals surface area contributed by atoms with Gasteiger partial charge < -0.3 is 14.2 Å². The van der Waals surface area contributed by atoms with E-state index in [9.17, 15) is 13.2 Å². The van der Waals surface area contributed by atoms with E-state index in [1.54, 1.807) is 24.3 Å². The number of amides is 1. The molecule has 0 atom stereocenters. The molecule has 1 amide bonds. The molecular formula is C24H28ClN3O4S. The van der Waals surface area contributed by atoms with Gasteiger partial charge in [0.05, 0.1) is 10.7 Å². The number of imidazole rings is 1. The second-order valence-electron chi connectivity index (χ2n) is 9.01. The SMILES string of the molecule is O=C(CCS(=O)(=O)C1=Cc2ccc(Cl)cc2OC1)N1CCC(c2cnc3n2CCCC3)CC1. The molecule has 1 aromatic carbocycles. The molecule has 0 N–H and O–H groups in total. The summed E-state index contributed by atoms with van der Waals surface area (Å²) in [6, 6.07) is 5.10. The number of aryl methyl sites for hydroxylation is 1. The Balaban J connectivity index is 1.16. The Kier molecular flexibility index (Phi) is 6.22. The number of piperidine rings is 1. The first-order valence-corrected chi connectivity index (χ1v) is 13.6. The first kappa shape index (κ1) is 22.5. The van der Waals surface area contributed by atoms with Crippen LogP contribution in [0.1, 0.15) is 55.1 Å². The molecule has 0 saturated carbocycles. The Hall–Kier alpha value is -2.32. The highest BCUT2D eigenvalue weighted by molar-refractivity contribution is 7.95. The van der Waals surface area contributed by atoms with Crippen molar-refractivity contribution in [1.82, 2.24) is 14.5 Å². The van der Waals surface area contributed by atoms with Crippen LogP contribution in [-0.2, 0) is 27.6 Å². The summed E-state index contributed by atoms with van der Waals surface area (Å²) in [5, 5.41) is 0.538. The molecule has 176 valence electrons. The third-order valence-electron chi connectivity index (χ3n) is 6.91. The third kappa shape index (κ3) is 4.68. The number of rotatable bonds is 5. The van der Waals surface area contributed by atoms with Crippen molar-refractivity contribution in [1.29, 1.82) is 0 Å². The van der Waals surface area contributed by atoms with Crippen LogP contribution in [0.2, 0.25) is 5.02 Å². The summed E-state index contributed by atoms with van der Waals surface area (Å²) in [4.78, 5) is 19.4. The van der Waals surface area contributed by atoms with E-state index in [2.05, 4.69) is 9.55 Å². The largest absolute Gasteiger partial charge is 0.487 e. The van der Waals surface area contributed by atoms with Gasteiger partial charge in [0.15, 0.2) is 9.84 Å². The fourth-order valence-corrected chi connectivity index (χ4v) is 6.41. The number of hydrogen-bond donors (Lipinski definition) is 0. The Morgan fingerprint density at radius 3 is 2.82 bits per heavy atom. The molecule has 0 spiro atoms. The average Bonchev–Trinajstić information content (AvgIpc) is 3.26. The van der Waals surface area contributed by atoms with Crippen LogP contribution in [0.4, 0.5) is 0 Å². The van der Waals surface area contributed by atoms with E-state index in [-0.39, 0.29) is 29.6 Å². The van der Waals surface area contributed by atoms with Crippen LogP contribution in [0.5, 0.6) is 5.75 Å². The molecule has 9 heteroatoms. The highest BCUT2D eigenvalue weighted by Gasteiger charge is 2.29. The van der Waals surface area contributed by atoms with Crippen LogP contribution in [0.3, 0.4) is 0 Å². The zero-order valence-electron chi connectivity index (χ0n) is 18.5. The van der Waals surface area contributed by atoms with Crippen molar-refractivity contribution < 1.29 is 17.9 Å². The van der Waals surface area contributed by atoms with Gasteiger partial charge in [-0.25, -0.2) is 13.4 Å². The maximum absolute atomic E-state index is 12.8. The monoisotopic (exact) mass is 489 g/mol. The standard InChI is InChI=1S/C24H28ClN3O4S/c25-19-5-4-18-13-20(16-32-22(18)14-19)33(30,31)12-8-24(29)27-10-6-17(7-11-27)21-15-26-23-3-1-2-9-28(21)23/h4-5,13-15,17H,1-3,6-12,16H2. The highest BCUT2D eigenvalue weighted by atomic mass is 35.5. The first-order chi connectivity index (χ1) is 15.9. The lowest BCUT2D eigenvalue weighted by Crippen LogP contribution is -2.39. The van der Waals surface area contributed by atoms with Crippen molar-refractivity contribution in [3.8, 4) is 5.75 Å². The van der Waals surface area contributed by atoms with E-state index in [0.29, 0.717) is 35.3 Å². The van der Waals surface area contributed by atoms with Crippen LogP contribution < -0.4 is 4.74 Å². The summed E-state index contributed by atoms with van der Waals surface area (Å²) < 4.78 is 33.6. The Morgan fingerprint density at radius 2 is 2.00 bits per heavy atom. The Morgan fingerprint density at radius 1 is 1.18 bits per heavy atom. The second-order valence-corrected chi connectivity index (χ2v) is 11.6. The van der Waals surface area contributed by atoms with Crippen molar-refractivity contribution in [3.05, 3.63) is 51.4 Å². The predicted molar refractivity (Wildman–Crippen MR) is 127 cm³/mol. The molecule has 0 radical (unpaired) electrons. The zero-order chi connectivity index (χ0) is 23.0. The Bertz CT molecular complexity index is 1200. The number of carbonyl (C=O) groups is 1. The number of sulfone groups is 1. The van der Waals surface area contributed by atoms with E-state index in [0.717, 1.165) is 25.8 Å². The van der Waals surface area contributed by atoms with Crippen molar-refractivity contribution in [2.24, 2.45) is 0 Å². The lowest BCUT2D eigenvalue weighted by molar-refractivity contribution is -0.131. The number of carbonyl (C=O) groups excluding carboxylic acids is 1. The van der Waals surface area contributed by atoms with Crippen LogP contribution in [0.15, 0.2) is 29.3 Å². The van der Waals surface area contributed by atoms with Crippen LogP contribution >= 0.6 is 11.6 Å². The molecule has 0 aliphatic carbocycles. The van der Waals surface area contributed by atoms with E-state index in [1.165, 1.54) is 24.4 Å². The number of nitrogens with zero attached hydrogens (tertiary/aromatic N) is 3. The summed E-state index contributed by atoms with van der Waals surface area (Å²) in [6.07, 6.45) is 8.85. The molecule has 5 rings (SSSR count). The molecule has 0 unspecified atom stereocenters. The summed E-state index contributed by atoms with van der Waals surface area (Å²) in [5.41, 5.74) is 1.98. The normalized spacial score (nSPS) is 18.8. The molecule has 2 aromatic rings. The summed E-state index contributed by atoms with van der Waals surface area (Å²) >= 11 is 5.97. The Labute approximate surface area is 199 Å². The van der Waals surface area contributed by atoms with Gasteiger partial charge in [-0.15, -0.1) is 0 Å². The number of hydrogen-bond acceptors (Lipinski definition) is 5. The van der Waals surface area contributed by atoms with Gasteiger partial charge in [-0.3, -0.25) is 4.79 Å². The van der Waals surface area contributed by atoms with E-state index < -0.39 is 9.84 Å². The summed E-state index contributed by atoms with van der Waals surface area (Å²) in [7, 11) is -3.58. The minimum Gasteiger partial charge on any atom is -0.487 e. The number of likely N-dealkylation sites (tertiary alicyclic amines) is 1. The maximum Gasteiger partial charge on any atom is 0.223 e. The molecular weight excluding hydrogens is 462 g/mol. The first-order valence-electron chi connectivity index (χ1n) is 11.6. The fourth-order valence-electron chi connectivity index (χ4n) is 5.00. The van der Waals surface area contributed by atoms with Crippen molar-refractivity contribution in [2.45, 2.75) is 51.0 Å². The zero-order valence-corrected chi connectivity index (χ0v) is 20.1. The van der Waals surface area contributed by atoms with Gasteiger partial charge in [-0.2, -0.15) is 0 Å². The van der Waals surface area contributed by atoms with E-state index in [4.69, 9.17) is 16.3 Å².